The lowest BCUT2D eigenvalue weighted by molar-refractivity contribution is -0.115. The molecule has 0 atom stereocenters. The first-order valence-electron chi connectivity index (χ1n) is 8.74. The van der Waals surface area contributed by atoms with E-state index in [4.69, 9.17) is 4.52 Å². The van der Waals surface area contributed by atoms with E-state index in [2.05, 4.69) is 25.8 Å². The van der Waals surface area contributed by atoms with E-state index in [1.807, 2.05) is 20.8 Å². The minimum absolute atomic E-state index is 0.177. The van der Waals surface area contributed by atoms with Crippen LogP contribution in [0.25, 0.3) is 0 Å². The van der Waals surface area contributed by atoms with Crippen LogP contribution in [0.1, 0.15) is 42.6 Å². The predicted molar refractivity (Wildman–Crippen MR) is 104 cm³/mol. The molecule has 2 amide bonds. The summed E-state index contributed by atoms with van der Waals surface area (Å²) in [7, 11) is 0. The molecule has 144 valence electrons. The largest absolute Gasteiger partial charge is 0.359 e. The summed E-state index contributed by atoms with van der Waals surface area (Å²) in [6.45, 7) is 6.01. The predicted octanol–water partition coefficient (Wildman–Crippen LogP) is 3.20. The van der Waals surface area contributed by atoms with Crippen molar-refractivity contribution in [1.29, 1.82) is 0 Å². The van der Waals surface area contributed by atoms with Gasteiger partial charge in [0.15, 0.2) is 5.82 Å². The summed E-state index contributed by atoms with van der Waals surface area (Å²) in [6, 6.07) is 8.73. The molecule has 0 saturated heterocycles. The molecule has 2 heterocycles. The Hall–Kier alpha value is -3.55. The van der Waals surface area contributed by atoms with Crippen molar-refractivity contribution < 1.29 is 14.1 Å². The summed E-state index contributed by atoms with van der Waals surface area (Å²) in [5.41, 5.74) is 1.45. The van der Waals surface area contributed by atoms with Gasteiger partial charge < -0.3 is 15.2 Å². The molecular formula is C20H21N5O3. The summed E-state index contributed by atoms with van der Waals surface area (Å²) in [4.78, 5) is 32.1. The van der Waals surface area contributed by atoms with Gasteiger partial charge in [0.25, 0.3) is 5.91 Å². The number of nitrogens with one attached hydrogen (secondary N) is 2. The Bertz CT molecular complexity index is 960. The Morgan fingerprint density at radius 2 is 1.82 bits per heavy atom. The molecule has 0 radical (unpaired) electrons. The van der Waals surface area contributed by atoms with Crippen LogP contribution >= 0.6 is 0 Å². The summed E-state index contributed by atoms with van der Waals surface area (Å²) >= 11 is 0. The number of nitrogens with zero attached hydrogens (tertiary/aromatic N) is 3. The van der Waals surface area contributed by atoms with E-state index in [9.17, 15) is 9.59 Å². The van der Waals surface area contributed by atoms with Crippen LogP contribution in [0.3, 0.4) is 0 Å². The average molecular weight is 379 g/mol. The molecule has 0 aliphatic rings. The normalized spacial score (nSPS) is 11.1. The maximum atomic E-state index is 12.2. The van der Waals surface area contributed by atoms with Crippen molar-refractivity contribution in [3.63, 3.8) is 0 Å². The molecule has 0 bridgehead atoms. The van der Waals surface area contributed by atoms with Gasteiger partial charge in [-0.1, -0.05) is 38.1 Å². The second-order valence-electron chi connectivity index (χ2n) is 7.29. The van der Waals surface area contributed by atoms with Gasteiger partial charge in [-0.2, -0.15) is 0 Å². The molecule has 0 aliphatic heterocycles. The second-order valence-corrected chi connectivity index (χ2v) is 7.29. The Kier molecular flexibility index (Phi) is 5.49. The maximum Gasteiger partial charge on any atom is 0.275 e. The van der Waals surface area contributed by atoms with Gasteiger partial charge in [-0.15, -0.1) is 0 Å². The van der Waals surface area contributed by atoms with Gasteiger partial charge in [-0.25, -0.2) is 4.98 Å². The van der Waals surface area contributed by atoms with E-state index in [1.54, 1.807) is 30.3 Å². The molecule has 2 N–H and O–H groups in total. The van der Waals surface area contributed by atoms with Gasteiger partial charge in [0.1, 0.15) is 11.5 Å². The molecule has 0 saturated carbocycles. The number of aromatic nitrogens is 3. The highest BCUT2D eigenvalue weighted by atomic mass is 16.5. The van der Waals surface area contributed by atoms with Crippen molar-refractivity contribution in [3.8, 4) is 0 Å². The molecule has 0 unspecified atom stereocenters. The van der Waals surface area contributed by atoms with Gasteiger partial charge in [0.05, 0.1) is 12.6 Å². The first kappa shape index (κ1) is 19.2. The number of hydrogen-bond donors (Lipinski definition) is 2. The molecular weight excluding hydrogens is 358 g/mol. The highest BCUT2D eigenvalue weighted by Crippen LogP contribution is 2.24. The molecule has 8 heteroatoms. The maximum absolute atomic E-state index is 12.2. The number of amides is 2. The number of hydrogen-bond acceptors (Lipinski definition) is 6. The quantitative estimate of drug-likeness (QED) is 0.704. The zero-order valence-electron chi connectivity index (χ0n) is 15.9. The third-order valence-corrected chi connectivity index (χ3v) is 3.89. The highest BCUT2D eigenvalue weighted by molar-refractivity contribution is 6.02. The minimum Gasteiger partial charge on any atom is -0.359 e. The van der Waals surface area contributed by atoms with E-state index in [-0.39, 0.29) is 29.3 Å². The Labute approximate surface area is 162 Å². The average Bonchev–Trinajstić information content (AvgIpc) is 3.13. The van der Waals surface area contributed by atoms with Crippen molar-refractivity contribution >= 4 is 23.3 Å². The number of anilines is 2. The number of rotatable bonds is 5. The van der Waals surface area contributed by atoms with Crippen LogP contribution in [0.5, 0.6) is 0 Å². The van der Waals surface area contributed by atoms with Crippen LogP contribution in [-0.4, -0.2) is 26.9 Å². The lowest BCUT2D eigenvalue weighted by atomic mass is 9.93. The third kappa shape index (κ3) is 5.00. The van der Waals surface area contributed by atoms with Gasteiger partial charge >= 0.3 is 0 Å². The van der Waals surface area contributed by atoms with Crippen LogP contribution in [0, 0.1) is 0 Å². The van der Waals surface area contributed by atoms with E-state index in [0.29, 0.717) is 17.3 Å². The molecule has 2 aromatic heterocycles. The van der Waals surface area contributed by atoms with Gasteiger partial charge in [-0.3, -0.25) is 14.6 Å². The molecule has 8 nitrogen and oxygen atoms in total. The van der Waals surface area contributed by atoms with E-state index >= 15 is 0 Å². The fourth-order valence-electron chi connectivity index (χ4n) is 2.38. The molecule has 0 fully saturated rings. The smallest absolute Gasteiger partial charge is 0.275 e. The van der Waals surface area contributed by atoms with E-state index < -0.39 is 0 Å². The standard InChI is InChI=1S/C20H21N5O3/c1-20(2,3)16-11-17(25-28-16)24-18(26)10-13-4-6-14(7-5-13)23-19(27)15-12-21-8-9-22-15/h4-9,11-12H,10H2,1-3H3,(H,23,27)(H,24,25,26). The molecule has 28 heavy (non-hydrogen) atoms. The van der Waals surface area contributed by atoms with E-state index in [1.165, 1.54) is 18.6 Å². The summed E-state index contributed by atoms with van der Waals surface area (Å²) in [5.74, 6) is 0.540. The van der Waals surface area contributed by atoms with Gasteiger partial charge in [0.2, 0.25) is 5.91 Å². The van der Waals surface area contributed by atoms with Crippen molar-refractivity contribution in [1.82, 2.24) is 15.1 Å². The van der Waals surface area contributed by atoms with Crippen LogP contribution in [0.2, 0.25) is 0 Å². The monoisotopic (exact) mass is 379 g/mol. The van der Waals surface area contributed by atoms with Crippen molar-refractivity contribution in [2.75, 3.05) is 10.6 Å². The zero-order chi connectivity index (χ0) is 20.1. The Morgan fingerprint density at radius 1 is 1.07 bits per heavy atom. The Morgan fingerprint density at radius 3 is 2.43 bits per heavy atom. The number of benzene rings is 1. The van der Waals surface area contributed by atoms with E-state index in [0.717, 1.165) is 5.56 Å². The van der Waals surface area contributed by atoms with Crippen LogP contribution in [0.15, 0.2) is 53.4 Å². The van der Waals surface area contributed by atoms with Crippen molar-refractivity contribution in [2.45, 2.75) is 32.6 Å². The number of carbonyl (C=O) groups is 2. The van der Waals surface area contributed by atoms with Crippen LogP contribution < -0.4 is 10.6 Å². The SMILES string of the molecule is CC(C)(C)c1cc(NC(=O)Cc2ccc(NC(=O)c3cnccn3)cc2)no1. The number of carbonyl (C=O) groups excluding carboxylic acids is 2. The summed E-state index contributed by atoms with van der Waals surface area (Å²) in [6.07, 6.45) is 4.52. The van der Waals surface area contributed by atoms with Crippen molar-refractivity contribution in [2.24, 2.45) is 0 Å². The fraction of sp³-hybridized carbons (Fsp3) is 0.250. The summed E-state index contributed by atoms with van der Waals surface area (Å²) < 4.78 is 5.25. The Balaban J connectivity index is 1.56. The van der Waals surface area contributed by atoms with Crippen LogP contribution in [0.4, 0.5) is 11.5 Å². The zero-order valence-corrected chi connectivity index (χ0v) is 15.9. The van der Waals surface area contributed by atoms with Crippen molar-refractivity contribution in [3.05, 3.63) is 65.9 Å². The lowest BCUT2D eigenvalue weighted by Crippen LogP contribution is -2.15. The first-order valence-corrected chi connectivity index (χ1v) is 8.74. The third-order valence-electron chi connectivity index (χ3n) is 3.89. The minimum atomic E-state index is -0.348. The molecule has 3 aromatic rings. The van der Waals surface area contributed by atoms with Gasteiger partial charge in [0, 0.05) is 29.6 Å². The lowest BCUT2D eigenvalue weighted by Gasteiger charge is -2.12. The first-order chi connectivity index (χ1) is 13.3. The second kappa shape index (κ2) is 7.99. The molecule has 0 aliphatic carbocycles. The van der Waals surface area contributed by atoms with Gasteiger partial charge in [-0.05, 0) is 17.7 Å². The topological polar surface area (TPSA) is 110 Å². The fourth-order valence-corrected chi connectivity index (χ4v) is 2.38. The highest BCUT2D eigenvalue weighted by Gasteiger charge is 2.20. The summed E-state index contributed by atoms with van der Waals surface area (Å²) in [5, 5.41) is 9.33. The molecule has 1 aromatic carbocycles. The molecule has 3 rings (SSSR count). The molecule has 0 spiro atoms. The van der Waals surface area contributed by atoms with Crippen LogP contribution in [-0.2, 0) is 16.6 Å².